The first-order chi connectivity index (χ1) is 38.7. The quantitative estimate of drug-likeness (QED) is 0.128. The maximum absolute atomic E-state index is 4.84. The fourth-order valence-electron chi connectivity index (χ4n) is 11.5. The minimum atomic E-state index is 0.934. The Labute approximate surface area is 454 Å². The molecule has 0 amide bonds. The van der Waals surface area contributed by atoms with Gasteiger partial charge in [-0.3, -0.25) is 15.0 Å². The van der Waals surface area contributed by atoms with E-state index in [1.807, 2.05) is 48.9 Å². The molecule has 0 fully saturated rings. The lowest BCUT2D eigenvalue weighted by Gasteiger charge is -2.20. The summed E-state index contributed by atoms with van der Waals surface area (Å²) >= 11 is 0. The number of fused-ring (bicyclic) bond motifs is 6. The van der Waals surface area contributed by atoms with Crippen LogP contribution in [0.15, 0.2) is 298 Å². The molecule has 0 spiro atoms. The summed E-state index contributed by atoms with van der Waals surface area (Å²) in [6, 6.07) is 101. The van der Waals surface area contributed by atoms with Gasteiger partial charge in [0.25, 0.3) is 0 Å². The van der Waals surface area contributed by atoms with Gasteiger partial charge in [-0.2, -0.15) is 0 Å². The zero-order valence-corrected chi connectivity index (χ0v) is 42.6. The monoisotopic (exact) mass is 991 g/mol. The third kappa shape index (κ3) is 8.60. The van der Waals surface area contributed by atoms with Crippen LogP contribution in [0.4, 0.5) is 0 Å². The second kappa shape index (κ2) is 20.1. The molecule has 0 atom stereocenters. The Bertz CT molecular complexity index is 4330. The lowest BCUT2D eigenvalue weighted by molar-refractivity contribution is 1.33. The van der Waals surface area contributed by atoms with Gasteiger partial charge in [-0.15, -0.1) is 0 Å². The molecule has 11 aromatic carbocycles. The molecular weight excluding hydrogens is 943 g/mol. The number of nitrogens with zero attached hydrogens (tertiary/aromatic N) is 3. The highest BCUT2D eigenvalue weighted by atomic mass is 14.7. The molecule has 364 valence electrons. The van der Waals surface area contributed by atoms with Crippen molar-refractivity contribution in [1.82, 2.24) is 15.0 Å². The van der Waals surface area contributed by atoms with Crippen LogP contribution in [0.1, 0.15) is 0 Å². The van der Waals surface area contributed by atoms with Crippen molar-refractivity contribution in [2.45, 2.75) is 0 Å². The maximum atomic E-state index is 4.84. The van der Waals surface area contributed by atoms with Gasteiger partial charge in [-0.25, -0.2) is 0 Å². The molecule has 14 aromatic rings. The number of rotatable bonds is 10. The van der Waals surface area contributed by atoms with E-state index in [4.69, 9.17) is 4.98 Å². The number of pyridine rings is 3. The van der Waals surface area contributed by atoms with Crippen LogP contribution in [-0.4, -0.2) is 15.0 Å². The molecule has 0 aliphatic heterocycles. The zero-order chi connectivity index (χ0) is 51.8. The molecule has 0 aliphatic carbocycles. The average Bonchev–Trinajstić information content (AvgIpc) is 3.71. The maximum Gasteiger partial charge on any atom is 0.0702 e. The second-order valence-corrected chi connectivity index (χ2v) is 19.8. The van der Waals surface area contributed by atoms with Gasteiger partial charge >= 0.3 is 0 Å². The van der Waals surface area contributed by atoms with E-state index >= 15 is 0 Å². The highest BCUT2D eigenvalue weighted by Crippen LogP contribution is 2.46. The summed E-state index contributed by atoms with van der Waals surface area (Å²) in [5.41, 5.74) is 22.0. The van der Waals surface area contributed by atoms with E-state index < -0.39 is 0 Å². The third-order valence-corrected chi connectivity index (χ3v) is 15.3. The molecule has 0 N–H and O–H groups in total. The summed E-state index contributed by atoms with van der Waals surface area (Å²) in [5.74, 6) is 0. The summed E-state index contributed by atoms with van der Waals surface area (Å²) in [6.45, 7) is 0. The molecular formula is C75H49N3. The Morgan fingerprint density at radius 2 is 0.462 bits per heavy atom. The van der Waals surface area contributed by atoms with Gasteiger partial charge in [0.1, 0.15) is 0 Å². The number of aromatic nitrogens is 3. The summed E-state index contributed by atoms with van der Waals surface area (Å²) < 4.78 is 0. The number of benzene rings is 11. The first-order valence-corrected chi connectivity index (χ1v) is 26.5. The average molecular weight is 992 g/mol. The second-order valence-electron chi connectivity index (χ2n) is 19.8. The predicted octanol–water partition coefficient (Wildman–Crippen LogP) is 20.0. The smallest absolute Gasteiger partial charge is 0.0702 e. The van der Waals surface area contributed by atoms with E-state index in [9.17, 15) is 0 Å². The molecule has 0 aliphatic rings. The topological polar surface area (TPSA) is 38.7 Å². The van der Waals surface area contributed by atoms with Gasteiger partial charge < -0.3 is 0 Å². The van der Waals surface area contributed by atoms with E-state index in [-0.39, 0.29) is 0 Å². The largest absolute Gasteiger partial charge is 0.256 e. The molecule has 3 aromatic heterocycles. The summed E-state index contributed by atoms with van der Waals surface area (Å²) in [5, 5.41) is 7.50. The van der Waals surface area contributed by atoms with Crippen LogP contribution in [-0.2, 0) is 0 Å². The Balaban J connectivity index is 0.970. The molecule has 3 heteroatoms. The third-order valence-electron chi connectivity index (χ3n) is 15.3. The van der Waals surface area contributed by atoms with E-state index in [0.717, 1.165) is 112 Å². The van der Waals surface area contributed by atoms with Crippen LogP contribution in [0.3, 0.4) is 0 Å². The molecule has 3 nitrogen and oxygen atoms in total. The van der Waals surface area contributed by atoms with Crippen molar-refractivity contribution in [2.24, 2.45) is 0 Å². The Kier molecular flexibility index (Phi) is 11.9. The standard InChI is InChI=1S/C75H49N3/c1-3-19-61(59(17-1)50-30-34-52(35-31-50)73-27-11-14-42-76-73)56-45-57(62-20-4-2-18-60(62)51-32-36-53(37-33-51)74-28-12-15-43-77-74)47-58(46-56)63-21-5-6-22-64(63)69-41-39-55(75-29-13-16-44-78-75)49-71(69)54-38-40-70-67-25-8-7-23-65(67)66-24-9-10-26-68(66)72(70)48-54/h1-49H. The minimum Gasteiger partial charge on any atom is -0.256 e. The lowest BCUT2D eigenvalue weighted by Crippen LogP contribution is -1.94. The first-order valence-electron chi connectivity index (χ1n) is 26.5. The van der Waals surface area contributed by atoms with Crippen molar-refractivity contribution in [1.29, 1.82) is 0 Å². The van der Waals surface area contributed by atoms with Crippen LogP contribution >= 0.6 is 0 Å². The van der Waals surface area contributed by atoms with E-state index in [1.165, 1.54) is 32.3 Å². The lowest BCUT2D eigenvalue weighted by atomic mass is 9.84. The van der Waals surface area contributed by atoms with Crippen molar-refractivity contribution < 1.29 is 0 Å². The van der Waals surface area contributed by atoms with Crippen LogP contribution in [0, 0.1) is 0 Å². The summed E-state index contributed by atoms with van der Waals surface area (Å²) in [7, 11) is 0. The van der Waals surface area contributed by atoms with Crippen LogP contribution < -0.4 is 0 Å². The van der Waals surface area contributed by atoms with Gasteiger partial charge in [0.05, 0.1) is 17.1 Å². The molecule has 3 heterocycles. The van der Waals surface area contributed by atoms with Crippen LogP contribution in [0.25, 0.3) is 144 Å². The molecule has 0 saturated carbocycles. The molecule has 0 saturated heterocycles. The number of hydrogen-bond donors (Lipinski definition) is 0. The van der Waals surface area contributed by atoms with Crippen molar-refractivity contribution in [3.05, 3.63) is 298 Å². The van der Waals surface area contributed by atoms with Gasteiger partial charge in [0.15, 0.2) is 0 Å². The van der Waals surface area contributed by atoms with E-state index in [2.05, 4.69) is 259 Å². The van der Waals surface area contributed by atoms with Crippen molar-refractivity contribution in [3.63, 3.8) is 0 Å². The predicted molar refractivity (Wildman–Crippen MR) is 327 cm³/mol. The normalized spacial score (nSPS) is 11.3. The first kappa shape index (κ1) is 46.2. The van der Waals surface area contributed by atoms with Gasteiger partial charge in [0, 0.05) is 35.3 Å². The van der Waals surface area contributed by atoms with Gasteiger partial charge in [0.2, 0.25) is 0 Å². The highest BCUT2D eigenvalue weighted by molar-refractivity contribution is 6.26. The van der Waals surface area contributed by atoms with E-state index in [0.29, 0.717) is 0 Å². The van der Waals surface area contributed by atoms with Crippen molar-refractivity contribution >= 4 is 32.3 Å². The minimum absolute atomic E-state index is 0.934. The summed E-state index contributed by atoms with van der Waals surface area (Å²) in [6.07, 6.45) is 5.57. The fraction of sp³-hybridized carbons (Fsp3) is 0. The van der Waals surface area contributed by atoms with Crippen molar-refractivity contribution in [2.75, 3.05) is 0 Å². The zero-order valence-electron chi connectivity index (χ0n) is 42.6. The Morgan fingerprint density at radius 3 is 0.897 bits per heavy atom. The molecule has 78 heavy (non-hydrogen) atoms. The van der Waals surface area contributed by atoms with Crippen molar-refractivity contribution in [3.8, 4) is 112 Å². The summed E-state index contributed by atoms with van der Waals surface area (Å²) in [4.78, 5) is 14.1. The van der Waals surface area contributed by atoms with E-state index in [1.54, 1.807) is 0 Å². The molecule has 0 bridgehead atoms. The fourth-order valence-corrected chi connectivity index (χ4v) is 11.5. The SMILES string of the molecule is c1ccc(-c2ccc(-c3ccccc3-c3cc(-c4ccccc4-c4ccc(-c5ccccn5)cc4)cc(-c4ccccc4-c4ccc(-c5ccccn5)cc4-c4ccc5c6ccccc6c6ccccc6c5c4)c3)cc2)nc1. The molecule has 14 rings (SSSR count). The number of hydrogen-bond acceptors (Lipinski definition) is 3. The highest BCUT2D eigenvalue weighted by Gasteiger charge is 2.20. The molecule has 0 radical (unpaired) electrons. The molecule has 0 unspecified atom stereocenters. The Hall–Kier alpha value is -10.4. The van der Waals surface area contributed by atoms with Gasteiger partial charge in [-0.1, -0.05) is 212 Å². The van der Waals surface area contributed by atoms with Crippen LogP contribution in [0.5, 0.6) is 0 Å². The van der Waals surface area contributed by atoms with Crippen LogP contribution in [0.2, 0.25) is 0 Å². The Morgan fingerprint density at radius 1 is 0.154 bits per heavy atom. The van der Waals surface area contributed by atoms with Gasteiger partial charge in [-0.05, 0) is 177 Å².